The van der Waals surface area contributed by atoms with E-state index in [4.69, 9.17) is 0 Å². The van der Waals surface area contributed by atoms with Crippen LogP contribution in [0.1, 0.15) is 18.4 Å². The van der Waals surface area contributed by atoms with E-state index in [0.717, 1.165) is 12.3 Å². The average Bonchev–Trinajstić information content (AvgIpc) is 2.82. The van der Waals surface area contributed by atoms with Gasteiger partial charge in [-0.05, 0) is 48.7 Å². The van der Waals surface area contributed by atoms with Crippen LogP contribution in [-0.2, 0) is 31.4 Å². The fourth-order valence-electron chi connectivity index (χ4n) is 4.77. The minimum atomic E-state index is -4.36. The van der Waals surface area contributed by atoms with Crippen molar-refractivity contribution in [2.75, 3.05) is 16.3 Å². The van der Waals surface area contributed by atoms with Gasteiger partial charge in [-0.15, -0.1) is 4.40 Å². The third-order valence-electron chi connectivity index (χ3n) is 6.41. The lowest BCUT2D eigenvalue weighted by atomic mass is 9.80. The quantitative estimate of drug-likeness (QED) is 0.489. The third-order valence-corrected chi connectivity index (χ3v) is 8.33. The monoisotopic (exact) mass is 546 g/mol. The molecule has 0 bridgehead atoms. The van der Waals surface area contributed by atoms with Crippen LogP contribution in [0, 0.1) is 11.7 Å². The first-order chi connectivity index (χ1) is 17.4. The number of rotatable bonds is 5. The maximum atomic E-state index is 13.7. The van der Waals surface area contributed by atoms with Crippen molar-refractivity contribution in [3.63, 3.8) is 0 Å². The third kappa shape index (κ3) is 4.83. The predicted octanol–water partition coefficient (Wildman–Crippen LogP) is 2.90. The molecule has 2 atom stereocenters. The number of fused-ring (bicyclic) bond motifs is 2. The minimum Gasteiger partial charge on any atom is -0.511 e. The van der Waals surface area contributed by atoms with E-state index in [2.05, 4.69) is 14.4 Å². The topological polar surface area (TPSA) is 145 Å². The summed E-state index contributed by atoms with van der Waals surface area (Å²) >= 11 is 0. The van der Waals surface area contributed by atoms with Gasteiger partial charge in [-0.1, -0.05) is 24.3 Å². The molecule has 37 heavy (non-hydrogen) atoms. The van der Waals surface area contributed by atoms with E-state index in [1.54, 1.807) is 17.0 Å². The number of amidine groups is 1. The van der Waals surface area contributed by atoms with Gasteiger partial charge >= 0.3 is 0 Å². The van der Waals surface area contributed by atoms with Crippen molar-refractivity contribution in [3.8, 4) is 0 Å². The average molecular weight is 547 g/mol. The van der Waals surface area contributed by atoms with Crippen LogP contribution in [0.15, 0.2) is 75.2 Å². The number of allylic oxidation sites excluding steroid dienone is 1. The highest BCUT2D eigenvalue weighted by atomic mass is 32.2. The number of anilines is 2. The number of hydrogen-bond donors (Lipinski definition) is 3. The van der Waals surface area contributed by atoms with E-state index in [1.807, 2.05) is 12.2 Å². The fourth-order valence-corrected chi connectivity index (χ4v) is 6.47. The lowest BCUT2D eigenvalue weighted by Gasteiger charge is -2.42. The molecule has 2 heterocycles. The zero-order chi connectivity index (χ0) is 26.5. The molecule has 2 aliphatic heterocycles. The highest BCUT2D eigenvalue weighted by Crippen LogP contribution is 2.39. The molecule has 0 aromatic heterocycles. The van der Waals surface area contributed by atoms with Crippen LogP contribution in [0.4, 0.5) is 15.8 Å². The number of sulfonamides is 2. The lowest BCUT2D eigenvalue weighted by Crippen LogP contribution is -2.52. The van der Waals surface area contributed by atoms with Crippen LogP contribution in [0.3, 0.4) is 0 Å². The Kier molecular flexibility index (Phi) is 6.07. The van der Waals surface area contributed by atoms with Crippen molar-refractivity contribution in [1.29, 1.82) is 0 Å². The molecule has 10 nitrogen and oxygen atoms in total. The Balaban J connectivity index is 1.55. The fraction of sp³-hybridized carbons (Fsp3) is 0.250. The summed E-state index contributed by atoms with van der Waals surface area (Å²) in [7, 11) is -8.00. The second-order valence-corrected chi connectivity index (χ2v) is 12.4. The molecule has 0 saturated heterocycles. The van der Waals surface area contributed by atoms with Gasteiger partial charge in [0.25, 0.3) is 15.9 Å². The maximum absolute atomic E-state index is 13.7. The molecule has 1 aliphatic carbocycles. The SMILES string of the molecule is CS(=O)(=O)Nc1ccc2c(c1)S(=O)(=O)N=C(C1=C(O)[C@H]3CC=CC[C@@H]3N(Cc3ccc(F)cc3)C1=O)N2. The van der Waals surface area contributed by atoms with Crippen molar-refractivity contribution in [2.45, 2.75) is 30.3 Å². The molecule has 13 heteroatoms. The summed E-state index contributed by atoms with van der Waals surface area (Å²) in [5.74, 6) is -2.08. The Morgan fingerprint density at radius 1 is 1.16 bits per heavy atom. The number of carbonyl (C=O) groups excluding carboxylic acids is 1. The van der Waals surface area contributed by atoms with E-state index in [0.29, 0.717) is 18.4 Å². The molecule has 3 aliphatic rings. The molecule has 194 valence electrons. The summed E-state index contributed by atoms with van der Waals surface area (Å²) < 4.78 is 68.6. The molecule has 2 aromatic rings. The van der Waals surface area contributed by atoms with E-state index in [1.165, 1.54) is 24.3 Å². The van der Waals surface area contributed by atoms with Crippen molar-refractivity contribution < 1.29 is 31.1 Å². The first-order valence-corrected chi connectivity index (χ1v) is 14.6. The van der Waals surface area contributed by atoms with E-state index in [-0.39, 0.29) is 46.0 Å². The molecule has 0 radical (unpaired) electrons. The Labute approximate surface area is 213 Å². The van der Waals surface area contributed by atoms with Crippen LogP contribution in [-0.4, -0.2) is 50.9 Å². The number of hydrogen-bond acceptors (Lipinski definition) is 7. The number of nitrogens with one attached hydrogen (secondary N) is 2. The molecule has 0 saturated carbocycles. The van der Waals surface area contributed by atoms with Crippen molar-refractivity contribution >= 4 is 43.2 Å². The van der Waals surface area contributed by atoms with Crippen LogP contribution < -0.4 is 10.0 Å². The standard InChI is InChI=1S/C24H23FN4O6S2/c1-36(32,33)27-16-10-11-18-20(12-16)37(34,35)28-23(26-18)21-22(30)17-4-2-3-5-19(17)29(24(21)31)13-14-6-8-15(25)9-7-14/h2-3,6-12,17,19,27,30H,4-5,13H2,1H3,(H,26,28)/t17-,19-/m0/s1. The van der Waals surface area contributed by atoms with Gasteiger partial charge < -0.3 is 15.3 Å². The molecule has 5 rings (SSSR count). The minimum absolute atomic E-state index is 0.0309. The van der Waals surface area contributed by atoms with Crippen molar-refractivity contribution in [3.05, 3.63) is 77.3 Å². The van der Waals surface area contributed by atoms with E-state index in [9.17, 15) is 31.1 Å². The van der Waals surface area contributed by atoms with Gasteiger partial charge in [0.2, 0.25) is 10.0 Å². The van der Waals surface area contributed by atoms with Gasteiger partial charge in [0.15, 0.2) is 5.84 Å². The van der Waals surface area contributed by atoms with Crippen LogP contribution in [0.5, 0.6) is 0 Å². The summed E-state index contributed by atoms with van der Waals surface area (Å²) in [6, 6.07) is 9.18. The highest BCUT2D eigenvalue weighted by molar-refractivity contribution is 7.92. The first kappa shape index (κ1) is 25.0. The van der Waals surface area contributed by atoms with Crippen LogP contribution in [0.25, 0.3) is 0 Å². The Bertz CT molecular complexity index is 1600. The normalized spacial score (nSPS) is 22.6. The lowest BCUT2D eigenvalue weighted by molar-refractivity contribution is -0.132. The smallest absolute Gasteiger partial charge is 0.286 e. The number of aliphatic hydroxyl groups excluding tert-OH is 1. The number of carbonyl (C=O) groups is 1. The van der Waals surface area contributed by atoms with Crippen molar-refractivity contribution in [2.24, 2.45) is 10.3 Å². The molecular weight excluding hydrogens is 523 g/mol. The number of benzene rings is 2. The summed E-state index contributed by atoms with van der Waals surface area (Å²) in [5.41, 5.74) is 0.522. The second kappa shape index (κ2) is 8.99. The summed E-state index contributed by atoms with van der Waals surface area (Å²) in [6.45, 7) is 0.127. The molecule has 1 amide bonds. The summed E-state index contributed by atoms with van der Waals surface area (Å²) in [5, 5.41) is 14.0. The molecular formula is C24H23FN4O6S2. The second-order valence-electron chi connectivity index (χ2n) is 9.06. The van der Waals surface area contributed by atoms with Gasteiger partial charge in [-0.2, -0.15) is 8.42 Å². The number of aliphatic hydroxyl groups is 1. The molecule has 0 spiro atoms. The first-order valence-electron chi connectivity index (χ1n) is 11.3. The Morgan fingerprint density at radius 2 is 1.86 bits per heavy atom. The molecule has 0 unspecified atom stereocenters. The molecule has 3 N–H and O–H groups in total. The molecule has 2 aromatic carbocycles. The zero-order valence-corrected chi connectivity index (χ0v) is 21.2. The van der Waals surface area contributed by atoms with Gasteiger partial charge in [0.05, 0.1) is 11.9 Å². The van der Waals surface area contributed by atoms with Crippen LogP contribution in [0.2, 0.25) is 0 Å². The van der Waals surface area contributed by atoms with Gasteiger partial charge in [-0.25, -0.2) is 12.8 Å². The van der Waals surface area contributed by atoms with Crippen molar-refractivity contribution in [1.82, 2.24) is 4.90 Å². The van der Waals surface area contributed by atoms with Gasteiger partial charge in [-0.3, -0.25) is 9.52 Å². The maximum Gasteiger partial charge on any atom is 0.286 e. The zero-order valence-electron chi connectivity index (χ0n) is 19.5. The van der Waals surface area contributed by atoms with E-state index < -0.39 is 37.7 Å². The van der Waals surface area contributed by atoms with E-state index >= 15 is 0 Å². The summed E-state index contributed by atoms with van der Waals surface area (Å²) in [6.07, 6.45) is 5.67. The molecule has 0 fully saturated rings. The Morgan fingerprint density at radius 3 is 2.57 bits per heavy atom. The highest BCUT2D eigenvalue weighted by Gasteiger charge is 2.44. The van der Waals surface area contributed by atoms with Gasteiger partial charge in [0, 0.05) is 24.2 Å². The number of nitrogens with zero attached hydrogens (tertiary/aromatic N) is 2. The Hall–Kier alpha value is -3.71. The van der Waals surface area contributed by atoms with Gasteiger partial charge in [0.1, 0.15) is 22.0 Å². The largest absolute Gasteiger partial charge is 0.511 e. The summed E-state index contributed by atoms with van der Waals surface area (Å²) in [4.78, 5) is 15.0. The van der Waals surface area contributed by atoms with Crippen LogP contribution >= 0.6 is 0 Å². The predicted molar refractivity (Wildman–Crippen MR) is 135 cm³/mol. The number of halogens is 1. The number of amides is 1.